The molecule has 0 aromatic carbocycles. The molecule has 1 atom stereocenters. The van der Waals surface area contributed by atoms with E-state index < -0.39 is 12.0 Å². The number of carboxylic acids is 1. The Labute approximate surface area is 110 Å². The van der Waals surface area contributed by atoms with E-state index in [0.29, 0.717) is 4.34 Å². The van der Waals surface area contributed by atoms with E-state index in [-0.39, 0.29) is 12.3 Å². The van der Waals surface area contributed by atoms with Gasteiger partial charge in [-0.1, -0.05) is 11.6 Å². The molecule has 0 fully saturated rings. The summed E-state index contributed by atoms with van der Waals surface area (Å²) in [4.78, 5) is 22.5. The lowest BCUT2D eigenvalue weighted by atomic mass is 10.2. The molecule has 0 spiro atoms. The summed E-state index contributed by atoms with van der Waals surface area (Å²) >= 11 is 10.4. The molecule has 1 aromatic heterocycles. The molecular formula is C9H9BrClNO3S. The number of hydrogen-bond acceptors (Lipinski definition) is 3. The van der Waals surface area contributed by atoms with E-state index in [1.54, 1.807) is 6.07 Å². The number of hydrogen-bond donors (Lipinski definition) is 2. The fourth-order valence-electron chi connectivity index (χ4n) is 1.14. The zero-order valence-corrected chi connectivity index (χ0v) is 11.4. The molecule has 0 saturated carbocycles. The lowest BCUT2D eigenvalue weighted by Crippen LogP contribution is -2.40. The van der Waals surface area contributed by atoms with Crippen molar-refractivity contribution in [1.82, 2.24) is 5.32 Å². The fourth-order valence-corrected chi connectivity index (χ4v) is 2.97. The second-order valence-corrected chi connectivity index (χ2v) is 5.72. The molecule has 7 heteroatoms. The van der Waals surface area contributed by atoms with Crippen LogP contribution in [0.1, 0.15) is 11.8 Å². The molecule has 0 aliphatic carbocycles. The zero-order chi connectivity index (χ0) is 12.3. The molecule has 4 nitrogen and oxygen atoms in total. The van der Waals surface area contributed by atoms with Crippen molar-refractivity contribution < 1.29 is 14.7 Å². The third-order valence-electron chi connectivity index (χ3n) is 1.78. The van der Waals surface area contributed by atoms with Crippen molar-refractivity contribution in [1.29, 1.82) is 0 Å². The standard InChI is InChI=1S/C9H9BrClNO3S/c1-4(13)12-7(9(14)15)3-5-2-6(10)8(11)16-5/h2,7H,3H2,1H3,(H,12,13)(H,14,15). The minimum atomic E-state index is -1.06. The van der Waals surface area contributed by atoms with Gasteiger partial charge in [-0.2, -0.15) is 0 Å². The van der Waals surface area contributed by atoms with Crippen LogP contribution in [0, 0.1) is 0 Å². The van der Waals surface area contributed by atoms with Crippen LogP contribution in [0.4, 0.5) is 0 Å². The minimum Gasteiger partial charge on any atom is -0.480 e. The van der Waals surface area contributed by atoms with E-state index in [2.05, 4.69) is 21.2 Å². The highest BCUT2D eigenvalue weighted by molar-refractivity contribution is 9.10. The van der Waals surface area contributed by atoms with Gasteiger partial charge in [0.2, 0.25) is 5.91 Å². The average molecular weight is 327 g/mol. The first-order chi connectivity index (χ1) is 7.40. The number of carboxylic acid groups (broad SMARTS) is 1. The van der Waals surface area contributed by atoms with Crippen molar-refractivity contribution in [3.05, 3.63) is 19.8 Å². The molecule has 1 aromatic rings. The lowest BCUT2D eigenvalue weighted by molar-refractivity contribution is -0.141. The predicted molar refractivity (Wildman–Crippen MR) is 66.0 cm³/mol. The van der Waals surface area contributed by atoms with Crippen LogP contribution >= 0.6 is 38.9 Å². The Kier molecular flexibility index (Phi) is 4.76. The van der Waals surface area contributed by atoms with E-state index in [0.717, 1.165) is 9.35 Å². The molecule has 88 valence electrons. The van der Waals surface area contributed by atoms with Crippen LogP contribution in [0.15, 0.2) is 10.5 Å². The number of thiophene rings is 1. The van der Waals surface area contributed by atoms with Gasteiger partial charge in [-0.15, -0.1) is 11.3 Å². The third kappa shape index (κ3) is 3.77. The molecule has 2 N–H and O–H groups in total. The summed E-state index contributed by atoms with van der Waals surface area (Å²) < 4.78 is 1.31. The first-order valence-corrected chi connectivity index (χ1v) is 6.32. The van der Waals surface area contributed by atoms with Gasteiger partial charge in [-0.3, -0.25) is 4.79 Å². The molecule has 1 rings (SSSR count). The number of rotatable bonds is 4. The van der Waals surface area contributed by atoms with Gasteiger partial charge >= 0.3 is 5.97 Å². The summed E-state index contributed by atoms with van der Waals surface area (Å²) in [5.41, 5.74) is 0. The molecule has 0 aliphatic rings. The first kappa shape index (κ1) is 13.5. The molecule has 1 heterocycles. The quantitative estimate of drug-likeness (QED) is 0.892. The van der Waals surface area contributed by atoms with Gasteiger partial charge < -0.3 is 10.4 Å². The lowest BCUT2D eigenvalue weighted by Gasteiger charge is -2.11. The maximum atomic E-state index is 10.9. The predicted octanol–water partition coefficient (Wildman–Crippen LogP) is 2.30. The maximum absolute atomic E-state index is 10.9. The van der Waals surface area contributed by atoms with Gasteiger partial charge in [0, 0.05) is 22.7 Å². The Morgan fingerprint density at radius 1 is 1.69 bits per heavy atom. The molecule has 0 aliphatic heterocycles. The van der Waals surface area contributed by atoms with Crippen molar-refractivity contribution in [2.45, 2.75) is 19.4 Å². The van der Waals surface area contributed by atoms with E-state index >= 15 is 0 Å². The Bertz CT molecular complexity index is 401. The normalized spacial score (nSPS) is 12.2. The number of halogens is 2. The maximum Gasteiger partial charge on any atom is 0.326 e. The van der Waals surface area contributed by atoms with E-state index in [1.165, 1.54) is 18.3 Å². The highest BCUT2D eigenvalue weighted by Gasteiger charge is 2.20. The monoisotopic (exact) mass is 325 g/mol. The van der Waals surface area contributed by atoms with Crippen molar-refractivity contribution in [3.8, 4) is 0 Å². The van der Waals surface area contributed by atoms with E-state index in [1.807, 2.05) is 0 Å². The second kappa shape index (κ2) is 5.65. The number of amides is 1. The van der Waals surface area contributed by atoms with Gasteiger partial charge in [0.1, 0.15) is 10.4 Å². The molecule has 0 radical (unpaired) electrons. The molecule has 0 saturated heterocycles. The van der Waals surface area contributed by atoms with Gasteiger partial charge in [0.05, 0.1) is 0 Å². The summed E-state index contributed by atoms with van der Waals surface area (Å²) in [5.74, 6) is -1.43. The summed E-state index contributed by atoms with van der Waals surface area (Å²) in [5, 5.41) is 11.3. The zero-order valence-electron chi connectivity index (χ0n) is 8.29. The van der Waals surface area contributed by atoms with Crippen molar-refractivity contribution >= 4 is 50.7 Å². The van der Waals surface area contributed by atoms with Crippen LogP contribution in [-0.4, -0.2) is 23.0 Å². The number of carbonyl (C=O) groups is 2. The molecular weight excluding hydrogens is 318 g/mol. The van der Waals surface area contributed by atoms with Crippen molar-refractivity contribution in [3.63, 3.8) is 0 Å². The van der Waals surface area contributed by atoms with Crippen molar-refractivity contribution in [2.75, 3.05) is 0 Å². The van der Waals surface area contributed by atoms with Gasteiger partial charge in [-0.05, 0) is 22.0 Å². The number of nitrogens with one attached hydrogen (secondary N) is 1. The van der Waals surface area contributed by atoms with Crippen LogP contribution in [0.3, 0.4) is 0 Å². The van der Waals surface area contributed by atoms with Crippen LogP contribution in [-0.2, 0) is 16.0 Å². The largest absolute Gasteiger partial charge is 0.480 e. The smallest absolute Gasteiger partial charge is 0.326 e. The van der Waals surface area contributed by atoms with Crippen LogP contribution < -0.4 is 5.32 Å². The third-order valence-corrected chi connectivity index (χ3v) is 4.27. The Hall–Kier alpha value is -0.590. The van der Waals surface area contributed by atoms with Gasteiger partial charge in [-0.25, -0.2) is 4.79 Å². The highest BCUT2D eigenvalue weighted by Crippen LogP contribution is 2.32. The molecule has 0 bridgehead atoms. The minimum absolute atomic E-state index is 0.227. The molecule has 16 heavy (non-hydrogen) atoms. The highest BCUT2D eigenvalue weighted by atomic mass is 79.9. The average Bonchev–Trinajstić information content (AvgIpc) is 2.44. The Morgan fingerprint density at radius 3 is 2.69 bits per heavy atom. The van der Waals surface area contributed by atoms with Gasteiger partial charge in [0.25, 0.3) is 0 Å². The van der Waals surface area contributed by atoms with Gasteiger partial charge in [0.15, 0.2) is 0 Å². The first-order valence-electron chi connectivity index (χ1n) is 4.33. The fraction of sp³-hybridized carbons (Fsp3) is 0.333. The topological polar surface area (TPSA) is 66.4 Å². The second-order valence-electron chi connectivity index (χ2n) is 3.13. The van der Waals surface area contributed by atoms with Crippen LogP contribution in [0.5, 0.6) is 0 Å². The Balaban J connectivity index is 2.75. The van der Waals surface area contributed by atoms with Crippen LogP contribution in [0.25, 0.3) is 0 Å². The van der Waals surface area contributed by atoms with E-state index in [9.17, 15) is 9.59 Å². The van der Waals surface area contributed by atoms with Crippen molar-refractivity contribution in [2.24, 2.45) is 0 Å². The van der Waals surface area contributed by atoms with E-state index in [4.69, 9.17) is 16.7 Å². The summed E-state index contributed by atoms with van der Waals surface area (Å²) in [6.45, 7) is 1.28. The molecule has 1 amide bonds. The van der Waals surface area contributed by atoms with Crippen LogP contribution in [0.2, 0.25) is 4.34 Å². The number of aliphatic carboxylic acids is 1. The number of carbonyl (C=O) groups excluding carboxylic acids is 1. The summed E-state index contributed by atoms with van der Waals surface area (Å²) in [6.07, 6.45) is 0.227. The molecule has 1 unspecified atom stereocenters. The summed E-state index contributed by atoms with van der Waals surface area (Å²) in [7, 11) is 0. The Morgan fingerprint density at radius 2 is 2.31 bits per heavy atom. The summed E-state index contributed by atoms with van der Waals surface area (Å²) in [6, 6.07) is 0.837. The SMILES string of the molecule is CC(=O)NC(Cc1cc(Br)c(Cl)s1)C(=O)O.